The van der Waals surface area contributed by atoms with Gasteiger partial charge in [-0.15, -0.1) is 0 Å². The van der Waals surface area contributed by atoms with E-state index in [0.717, 1.165) is 40.7 Å². The quantitative estimate of drug-likeness (QED) is 0.658. The minimum Gasteiger partial charge on any atom is -0.370 e. The summed E-state index contributed by atoms with van der Waals surface area (Å²) in [4.78, 5) is 21.8. The van der Waals surface area contributed by atoms with Crippen LogP contribution in [0.15, 0.2) is 12.4 Å². The molecule has 1 saturated carbocycles. The first-order valence-electron chi connectivity index (χ1n) is 11.0. The molecule has 5 rings (SSSR count). The highest BCUT2D eigenvalue weighted by molar-refractivity contribution is 5.75. The first kappa shape index (κ1) is 19.4. The number of nitrogens with zero attached hydrogens (tertiary/aromatic N) is 7. The molecule has 0 amide bonds. The summed E-state index contributed by atoms with van der Waals surface area (Å²) in [5.41, 5.74) is 5.64. The predicted octanol–water partition coefficient (Wildman–Crippen LogP) is 3.40. The molecule has 2 fully saturated rings. The predicted molar refractivity (Wildman–Crippen MR) is 115 cm³/mol. The Kier molecular flexibility index (Phi) is 5.10. The summed E-state index contributed by atoms with van der Waals surface area (Å²) in [6.07, 6.45) is 10.0. The van der Waals surface area contributed by atoms with Gasteiger partial charge in [0.15, 0.2) is 5.65 Å². The van der Waals surface area contributed by atoms with E-state index in [2.05, 4.69) is 10.00 Å². The van der Waals surface area contributed by atoms with Gasteiger partial charge in [0.1, 0.15) is 11.6 Å². The van der Waals surface area contributed by atoms with Crippen LogP contribution in [-0.2, 0) is 11.8 Å². The van der Waals surface area contributed by atoms with Crippen LogP contribution in [0.25, 0.3) is 11.2 Å². The number of hydrogen-bond acceptors (Lipinski definition) is 7. The van der Waals surface area contributed by atoms with Crippen molar-refractivity contribution in [2.45, 2.75) is 58.0 Å². The van der Waals surface area contributed by atoms with Crippen molar-refractivity contribution < 1.29 is 4.74 Å². The first-order valence-corrected chi connectivity index (χ1v) is 11.0. The zero-order valence-corrected chi connectivity index (χ0v) is 18.0. The van der Waals surface area contributed by atoms with Crippen molar-refractivity contribution in [1.82, 2.24) is 29.7 Å². The molecule has 8 nitrogen and oxygen atoms in total. The van der Waals surface area contributed by atoms with Gasteiger partial charge in [0.05, 0.1) is 36.4 Å². The molecule has 1 aliphatic carbocycles. The van der Waals surface area contributed by atoms with E-state index in [1.165, 1.54) is 32.1 Å². The minimum absolute atomic E-state index is 0.0317. The first-order chi connectivity index (χ1) is 14.6. The molecular weight excluding hydrogens is 378 g/mol. The molecule has 0 bridgehead atoms. The minimum atomic E-state index is -0.0317. The Labute approximate surface area is 176 Å². The van der Waals surface area contributed by atoms with Gasteiger partial charge in [-0.3, -0.25) is 4.68 Å². The highest BCUT2D eigenvalue weighted by Crippen LogP contribution is 2.35. The molecule has 0 radical (unpaired) electrons. The van der Waals surface area contributed by atoms with E-state index in [1.807, 2.05) is 38.0 Å². The Bertz CT molecular complexity index is 1060. The maximum absolute atomic E-state index is 6.02. The van der Waals surface area contributed by atoms with Crippen LogP contribution in [0, 0.1) is 13.8 Å². The van der Waals surface area contributed by atoms with E-state index >= 15 is 0 Å². The highest BCUT2D eigenvalue weighted by atomic mass is 16.5. The average molecular weight is 408 g/mol. The summed E-state index contributed by atoms with van der Waals surface area (Å²) < 4.78 is 7.83. The lowest BCUT2D eigenvalue weighted by molar-refractivity contribution is 0.0392. The van der Waals surface area contributed by atoms with E-state index in [9.17, 15) is 0 Å². The second kappa shape index (κ2) is 7.91. The Balaban J connectivity index is 1.54. The Morgan fingerprint density at radius 2 is 1.80 bits per heavy atom. The summed E-state index contributed by atoms with van der Waals surface area (Å²) in [6, 6.07) is 0. The number of morpholine rings is 1. The van der Waals surface area contributed by atoms with Crippen molar-refractivity contribution >= 4 is 17.1 Å². The van der Waals surface area contributed by atoms with E-state index < -0.39 is 0 Å². The molecule has 8 heteroatoms. The molecule has 4 heterocycles. The Morgan fingerprint density at radius 3 is 2.57 bits per heavy atom. The van der Waals surface area contributed by atoms with Crippen LogP contribution in [0.2, 0.25) is 0 Å². The summed E-state index contributed by atoms with van der Waals surface area (Å²) >= 11 is 0. The van der Waals surface area contributed by atoms with E-state index in [1.54, 1.807) is 0 Å². The fraction of sp³-hybridized carbons (Fsp3) is 0.591. The third kappa shape index (κ3) is 3.64. The molecule has 3 aromatic rings. The zero-order valence-electron chi connectivity index (χ0n) is 18.0. The fourth-order valence-corrected chi connectivity index (χ4v) is 4.56. The van der Waals surface area contributed by atoms with Crippen LogP contribution < -0.4 is 4.90 Å². The third-order valence-electron chi connectivity index (χ3n) is 6.40. The molecule has 1 aliphatic heterocycles. The number of fused-ring (bicyclic) bond motifs is 1. The van der Waals surface area contributed by atoms with Gasteiger partial charge < -0.3 is 9.64 Å². The second-order valence-electron chi connectivity index (χ2n) is 8.56. The molecular formula is C22H29N7O. The standard InChI is InChI=1S/C22H29N7O/c1-14-15(2)25-21-20(24-14)19(16-7-5-4-6-8-16)26-22(27-21)29-9-10-30-18(13-29)17-11-23-28(3)12-17/h11-12,16,18H,4-10,13H2,1-3H3. The number of rotatable bonds is 3. The summed E-state index contributed by atoms with van der Waals surface area (Å²) in [5.74, 6) is 1.19. The van der Waals surface area contributed by atoms with Crippen molar-refractivity contribution in [1.29, 1.82) is 0 Å². The highest BCUT2D eigenvalue weighted by Gasteiger charge is 2.28. The second-order valence-corrected chi connectivity index (χ2v) is 8.56. The summed E-state index contributed by atoms with van der Waals surface area (Å²) in [6.45, 7) is 6.13. The maximum atomic E-state index is 6.02. The molecule has 1 atom stereocenters. The van der Waals surface area contributed by atoms with Gasteiger partial charge in [-0.1, -0.05) is 19.3 Å². The van der Waals surface area contributed by atoms with Gasteiger partial charge in [0.25, 0.3) is 0 Å². The number of anilines is 1. The van der Waals surface area contributed by atoms with Crippen LogP contribution in [0.1, 0.15) is 66.8 Å². The molecule has 0 N–H and O–H groups in total. The molecule has 3 aromatic heterocycles. The van der Waals surface area contributed by atoms with Crippen molar-refractivity contribution in [3.05, 3.63) is 35.0 Å². The molecule has 0 aromatic carbocycles. The number of aromatic nitrogens is 6. The van der Waals surface area contributed by atoms with E-state index in [4.69, 9.17) is 24.7 Å². The number of aryl methyl sites for hydroxylation is 3. The van der Waals surface area contributed by atoms with Crippen molar-refractivity contribution in [2.24, 2.45) is 7.05 Å². The van der Waals surface area contributed by atoms with E-state index in [0.29, 0.717) is 24.7 Å². The lowest BCUT2D eigenvalue weighted by atomic mass is 9.86. The Hall–Kier alpha value is -2.61. The van der Waals surface area contributed by atoms with Gasteiger partial charge >= 0.3 is 0 Å². The molecule has 1 saturated heterocycles. The summed E-state index contributed by atoms with van der Waals surface area (Å²) in [5, 5.41) is 4.29. The van der Waals surface area contributed by atoms with Gasteiger partial charge in [-0.25, -0.2) is 15.0 Å². The van der Waals surface area contributed by atoms with Gasteiger partial charge in [-0.2, -0.15) is 10.1 Å². The number of hydrogen-bond donors (Lipinski definition) is 0. The van der Waals surface area contributed by atoms with Gasteiger partial charge in [0.2, 0.25) is 5.95 Å². The Morgan fingerprint density at radius 1 is 1.00 bits per heavy atom. The van der Waals surface area contributed by atoms with Crippen molar-refractivity contribution in [2.75, 3.05) is 24.6 Å². The molecule has 158 valence electrons. The molecule has 2 aliphatic rings. The van der Waals surface area contributed by atoms with Crippen LogP contribution >= 0.6 is 0 Å². The van der Waals surface area contributed by atoms with E-state index in [-0.39, 0.29) is 6.10 Å². The van der Waals surface area contributed by atoms with Crippen LogP contribution in [-0.4, -0.2) is 49.4 Å². The van der Waals surface area contributed by atoms with Crippen LogP contribution in [0.5, 0.6) is 0 Å². The van der Waals surface area contributed by atoms with Crippen molar-refractivity contribution in [3.8, 4) is 0 Å². The molecule has 1 unspecified atom stereocenters. The van der Waals surface area contributed by atoms with Gasteiger partial charge in [0, 0.05) is 31.3 Å². The topological polar surface area (TPSA) is 81.9 Å². The normalized spacial score (nSPS) is 20.8. The van der Waals surface area contributed by atoms with Crippen LogP contribution in [0.3, 0.4) is 0 Å². The monoisotopic (exact) mass is 407 g/mol. The zero-order chi connectivity index (χ0) is 20.7. The number of ether oxygens (including phenoxy) is 1. The SMILES string of the molecule is Cc1nc2nc(N3CCOC(c4cnn(C)c4)C3)nc(C3CCCCC3)c2nc1C. The van der Waals surface area contributed by atoms with Gasteiger partial charge in [-0.05, 0) is 26.7 Å². The largest absolute Gasteiger partial charge is 0.370 e. The van der Waals surface area contributed by atoms with Crippen LogP contribution in [0.4, 0.5) is 5.95 Å². The van der Waals surface area contributed by atoms with Crippen molar-refractivity contribution in [3.63, 3.8) is 0 Å². The summed E-state index contributed by atoms with van der Waals surface area (Å²) in [7, 11) is 1.93. The average Bonchev–Trinajstić information content (AvgIpc) is 3.21. The lowest BCUT2D eigenvalue weighted by Crippen LogP contribution is -2.39. The lowest BCUT2D eigenvalue weighted by Gasteiger charge is -2.33. The molecule has 30 heavy (non-hydrogen) atoms. The smallest absolute Gasteiger partial charge is 0.227 e. The molecule has 0 spiro atoms. The third-order valence-corrected chi connectivity index (χ3v) is 6.40. The fourth-order valence-electron chi connectivity index (χ4n) is 4.56. The maximum Gasteiger partial charge on any atom is 0.227 e.